The molecule has 0 saturated heterocycles. The van der Waals surface area contributed by atoms with Gasteiger partial charge < -0.3 is 37.9 Å². The quantitative estimate of drug-likeness (QED) is 0.0184. The first-order valence-corrected chi connectivity index (χ1v) is 28.8. The first-order chi connectivity index (χ1) is 36.4. The number of ether oxygens (including phenoxy) is 8. The SMILES string of the molecule is CCCCCCOc1ccc(C=CC(=O)Oc2cccc3c(OC(=O)C=Cc4ccc(OCCCCCC)c(OCCCCCC)c4OCCCCCC)cccc23)c(OCCCCCC)c1OCCCCCC. The van der Waals surface area contributed by atoms with Crippen LogP contribution >= 0.6 is 0 Å². The Kier molecular flexibility index (Phi) is 31.3. The molecule has 0 N–H and O–H groups in total. The molecule has 0 bridgehead atoms. The van der Waals surface area contributed by atoms with Gasteiger partial charge in [0.25, 0.3) is 0 Å². The fraction of sp³-hybridized carbons (Fsp3) is 0.562. The third-order valence-corrected chi connectivity index (χ3v) is 12.8. The van der Waals surface area contributed by atoms with Gasteiger partial charge in [0.1, 0.15) is 11.5 Å². The second kappa shape index (κ2) is 38.0. The lowest BCUT2D eigenvalue weighted by molar-refractivity contribution is -0.129. The summed E-state index contributed by atoms with van der Waals surface area (Å²) in [4.78, 5) is 27.3. The van der Waals surface area contributed by atoms with E-state index in [4.69, 9.17) is 37.9 Å². The van der Waals surface area contributed by atoms with Gasteiger partial charge in [0.15, 0.2) is 23.0 Å². The Morgan fingerprint density at radius 1 is 0.324 bits per heavy atom. The van der Waals surface area contributed by atoms with Crippen molar-refractivity contribution < 1.29 is 47.5 Å². The van der Waals surface area contributed by atoms with Crippen LogP contribution in [0.25, 0.3) is 22.9 Å². The summed E-state index contributed by atoms with van der Waals surface area (Å²) in [6, 6.07) is 18.3. The maximum absolute atomic E-state index is 13.7. The zero-order chi connectivity index (χ0) is 52.9. The Morgan fingerprint density at radius 2 is 0.622 bits per heavy atom. The smallest absolute Gasteiger partial charge is 0.336 e. The fourth-order valence-electron chi connectivity index (χ4n) is 8.45. The highest BCUT2D eigenvalue weighted by Crippen LogP contribution is 2.43. The molecule has 0 spiro atoms. The van der Waals surface area contributed by atoms with Gasteiger partial charge in [-0.25, -0.2) is 9.59 Å². The van der Waals surface area contributed by atoms with Crippen LogP contribution in [0.5, 0.6) is 46.0 Å². The molecule has 74 heavy (non-hydrogen) atoms. The summed E-state index contributed by atoms with van der Waals surface area (Å²) >= 11 is 0. The van der Waals surface area contributed by atoms with Gasteiger partial charge in [-0.15, -0.1) is 0 Å². The van der Waals surface area contributed by atoms with E-state index in [0.717, 1.165) is 141 Å². The highest BCUT2D eigenvalue weighted by Gasteiger charge is 2.20. The van der Waals surface area contributed by atoms with Crippen LogP contribution < -0.4 is 37.9 Å². The van der Waals surface area contributed by atoms with E-state index in [1.165, 1.54) is 25.0 Å². The van der Waals surface area contributed by atoms with E-state index in [1.54, 1.807) is 36.4 Å². The third-order valence-electron chi connectivity index (χ3n) is 12.8. The van der Waals surface area contributed by atoms with Crippen LogP contribution in [0, 0.1) is 0 Å². The molecule has 0 aliphatic rings. The Morgan fingerprint density at radius 3 is 0.932 bits per heavy atom. The highest BCUT2D eigenvalue weighted by molar-refractivity contribution is 5.99. The summed E-state index contributed by atoms with van der Waals surface area (Å²) in [5.41, 5.74) is 1.39. The normalized spacial score (nSPS) is 11.4. The van der Waals surface area contributed by atoms with Crippen molar-refractivity contribution in [1.29, 1.82) is 0 Å². The first kappa shape index (κ1) is 60.9. The number of benzene rings is 4. The molecule has 0 radical (unpaired) electrons. The van der Waals surface area contributed by atoms with Crippen LogP contribution in [0.3, 0.4) is 0 Å². The molecule has 10 nitrogen and oxygen atoms in total. The molecule has 0 unspecified atom stereocenters. The lowest BCUT2D eigenvalue weighted by atomic mass is 10.1. The summed E-state index contributed by atoms with van der Waals surface area (Å²) < 4.78 is 50.5. The predicted molar refractivity (Wildman–Crippen MR) is 304 cm³/mol. The zero-order valence-electron chi connectivity index (χ0n) is 46.4. The zero-order valence-corrected chi connectivity index (χ0v) is 46.4. The van der Waals surface area contributed by atoms with Crippen LogP contribution in [0.2, 0.25) is 0 Å². The van der Waals surface area contributed by atoms with Crippen molar-refractivity contribution in [1.82, 2.24) is 0 Å². The minimum absolute atomic E-state index is 0.330. The van der Waals surface area contributed by atoms with E-state index in [-0.39, 0.29) is 0 Å². The number of carbonyl (C=O) groups is 2. The van der Waals surface area contributed by atoms with Crippen molar-refractivity contribution in [3.63, 3.8) is 0 Å². The Hall–Kier alpha value is -5.64. The summed E-state index contributed by atoms with van der Waals surface area (Å²) in [5, 5.41) is 1.23. The van der Waals surface area contributed by atoms with Gasteiger partial charge in [-0.2, -0.15) is 0 Å². The molecule has 408 valence electrons. The average molecular weight is 1020 g/mol. The molecule has 0 fully saturated rings. The van der Waals surface area contributed by atoms with Crippen molar-refractivity contribution in [2.45, 2.75) is 196 Å². The van der Waals surface area contributed by atoms with Crippen molar-refractivity contribution in [2.24, 2.45) is 0 Å². The highest BCUT2D eigenvalue weighted by atomic mass is 16.6. The minimum atomic E-state index is -0.574. The topological polar surface area (TPSA) is 108 Å². The largest absolute Gasteiger partial charge is 0.490 e. The molecule has 10 heteroatoms. The molecular weight excluding hydrogens is 929 g/mol. The van der Waals surface area contributed by atoms with E-state index in [1.807, 2.05) is 36.4 Å². The molecule has 0 aromatic heterocycles. The van der Waals surface area contributed by atoms with Gasteiger partial charge in [0.2, 0.25) is 11.5 Å². The maximum atomic E-state index is 13.7. The molecule has 0 heterocycles. The van der Waals surface area contributed by atoms with E-state index in [0.29, 0.717) is 108 Å². The first-order valence-electron chi connectivity index (χ1n) is 28.8. The van der Waals surface area contributed by atoms with E-state index < -0.39 is 11.9 Å². The maximum Gasteiger partial charge on any atom is 0.336 e. The average Bonchev–Trinajstić information content (AvgIpc) is 3.40. The number of esters is 2. The van der Waals surface area contributed by atoms with Gasteiger partial charge in [-0.05, 0) is 87.1 Å². The molecule has 0 saturated carbocycles. The number of carbonyl (C=O) groups excluding carboxylic acids is 2. The lowest BCUT2D eigenvalue weighted by Crippen LogP contribution is -2.08. The van der Waals surface area contributed by atoms with Crippen LogP contribution in [0.15, 0.2) is 72.8 Å². The molecule has 4 aromatic carbocycles. The van der Waals surface area contributed by atoms with Crippen LogP contribution in [-0.4, -0.2) is 51.6 Å². The molecule has 4 aromatic rings. The van der Waals surface area contributed by atoms with Crippen LogP contribution in [0.1, 0.15) is 207 Å². The monoisotopic (exact) mass is 1020 g/mol. The number of fused-ring (bicyclic) bond motifs is 1. The van der Waals surface area contributed by atoms with Crippen molar-refractivity contribution >= 4 is 34.9 Å². The summed E-state index contributed by atoms with van der Waals surface area (Å²) in [6.07, 6.45) is 32.0. The van der Waals surface area contributed by atoms with Gasteiger partial charge in [-0.3, -0.25) is 0 Å². The fourth-order valence-corrected chi connectivity index (χ4v) is 8.45. The second-order valence-corrected chi connectivity index (χ2v) is 19.2. The van der Waals surface area contributed by atoms with Crippen LogP contribution in [-0.2, 0) is 9.59 Å². The van der Waals surface area contributed by atoms with Crippen molar-refractivity contribution in [2.75, 3.05) is 39.6 Å². The minimum Gasteiger partial charge on any atom is -0.490 e. The lowest BCUT2D eigenvalue weighted by Gasteiger charge is -2.19. The molecule has 4 rings (SSSR count). The molecule has 0 atom stereocenters. The molecule has 0 aliphatic heterocycles. The molecule has 0 aliphatic carbocycles. The summed E-state index contributed by atoms with van der Waals surface area (Å²) in [5.74, 6) is 3.08. The number of hydrogen-bond acceptors (Lipinski definition) is 10. The van der Waals surface area contributed by atoms with E-state index in [9.17, 15) is 9.59 Å². The molecular formula is C64H92O10. The van der Waals surface area contributed by atoms with Gasteiger partial charge in [0, 0.05) is 34.1 Å². The van der Waals surface area contributed by atoms with Crippen molar-refractivity contribution in [3.05, 3.63) is 83.9 Å². The van der Waals surface area contributed by atoms with Gasteiger partial charge in [-0.1, -0.05) is 181 Å². The van der Waals surface area contributed by atoms with E-state index >= 15 is 0 Å². The number of hydrogen-bond donors (Lipinski definition) is 0. The summed E-state index contributed by atoms with van der Waals surface area (Å²) in [6.45, 7) is 16.5. The number of unbranched alkanes of at least 4 members (excludes halogenated alkanes) is 18. The van der Waals surface area contributed by atoms with Gasteiger partial charge in [0.05, 0.1) is 39.6 Å². The standard InChI is InChI=1S/C64H92O10/c1-7-13-19-25-45-67-57-41-37-51(61(69-47-27-21-15-9-3)63(57)71-49-29-23-17-11-5)39-43-59(65)73-55-35-31-34-54-53(55)33-32-36-56(54)74-60(66)44-40-52-38-42-58(68-46-26-20-14-8-2)64(72-50-30-24-18-12-6)62(52)70-48-28-22-16-10-4/h31-44H,7-30,45-50H2,1-6H3. The van der Waals surface area contributed by atoms with Gasteiger partial charge >= 0.3 is 11.9 Å². The summed E-state index contributed by atoms with van der Waals surface area (Å²) in [7, 11) is 0. The molecule has 0 amide bonds. The van der Waals surface area contributed by atoms with E-state index in [2.05, 4.69) is 41.5 Å². The third kappa shape index (κ3) is 22.5. The number of rotatable bonds is 42. The Labute approximate surface area is 445 Å². The van der Waals surface area contributed by atoms with Crippen LogP contribution in [0.4, 0.5) is 0 Å². The Balaban J connectivity index is 1.57. The second-order valence-electron chi connectivity index (χ2n) is 19.2. The Bertz CT molecular complexity index is 2090. The predicted octanol–water partition coefficient (Wildman–Crippen LogP) is 17.8. The van der Waals surface area contributed by atoms with Crippen molar-refractivity contribution in [3.8, 4) is 46.0 Å².